The van der Waals surface area contributed by atoms with Gasteiger partial charge < -0.3 is 23.5 Å². The molecule has 1 amide bonds. The third-order valence-corrected chi connectivity index (χ3v) is 5.20. The van der Waals surface area contributed by atoms with Crippen molar-refractivity contribution in [1.29, 1.82) is 5.26 Å². The lowest BCUT2D eigenvalue weighted by Crippen LogP contribution is -2.49. The topological polar surface area (TPSA) is 133 Å². The lowest BCUT2D eigenvalue weighted by molar-refractivity contribution is -0.384. The maximum Gasteiger partial charge on any atom is 0.270 e. The highest BCUT2D eigenvalue weighted by Crippen LogP contribution is 2.30. The lowest BCUT2D eigenvalue weighted by atomic mass is 10.1. The molecule has 164 valence electrons. The summed E-state index contributed by atoms with van der Waals surface area (Å²) < 4.78 is 11.1. The van der Waals surface area contributed by atoms with Crippen LogP contribution in [-0.4, -0.2) is 61.0 Å². The van der Waals surface area contributed by atoms with Crippen LogP contribution in [0.25, 0.3) is 11.7 Å². The summed E-state index contributed by atoms with van der Waals surface area (Å²) in [7, 11) is 3.56. The third kappa shape index (κ3) is 3.85. The number of oxazole rings is 1. The van der Waals surface area contributed by atoms with E-state index >= 15 is 0 Å². The molecule has 0 unspecified atom stereocenters. The van der Waals surface area contributed by atoms with E-state index in [1.807, 2.05) is 11.0 Å². The van der Waals surface area contributed by atoms with Gasteiger partial charge in [-0.2, -0.15) is 10.2 Å². The van der Waals surface area contributed by atoms with E-state index in [9.17, 15) is 20.2 Å². The Morgan fingerprint density at radius 1 is 1.25 bits per heavy atom. The van der Waals surface area contributed by atoms with Gasteiger partial charge in [0.15, 0.2) is 5.76 Å². The van der Waals surface area contributed by atoms with Gasteiger partial charge in [0.2, 0.25) is 11.6 Å². The van der Waals surface area contributed by atoms with Crippen LogP contribution in [0.2, 0.25) is 0 Å². The number of rotatable bonds is 5. The van der Waals surface area contributed by atoms with Crippen LogP contribution in [0, 0.1) is 21.4 Å². The fourth-order valence-corrected chi connectivity index (χ4v) is 3.59. The van der Waals surface area contributed by atoms with Crippen molar-refractivity contribution in [1.82, 2.24) is 9.88 Å². The highest BCUT2D eigenvalue weighted by molar-refractivity contribution is 6.00. The van der Waals surface area contributed by atoms with Gasteiger partial charge in [0.1, 0.15) is 6.07 Å². The summed E-state index contributed by atoms with van der Waals surface area (Å²) in [6.45, 7) is 1.55. The molecule has 0 spiro atoms. The van der Waals surface area contributed by atoms with Crippen molar-refractivity contribution >= 4 is 23.2 Å². The number of aromatic nitrogens is 1. The van der Waals surface area contributed by atoms with Crippen LogP contribution in [0.5, 0.6) is 0 Å². The second kappa shape index (κ2) is 8.43. The molecule has 1 aliphatic rings. The number of furan rings is 1. The van der Waals surface area contributed by atoms with E-state index in [2.05, 4.69) is 4.98 Å². The zero-order valence-corrected chi connectivity index (χ0v) is 17.5. The predicted octanol–water partition coefficient (Wildman–Crippen LogP) is 2.74. The number of non-ortho nitro benzene ring substituents is 1. The first-order chi connectivity index (χ1) is 15.4. The van der Waals surface area contributed by atoms with Crippen LogP contribution >= 0.6 is 0 Å². The van der Waals surface area contributed by atoms with E-state index in [4.69, 9.17) is 8.83 Å². The van der Waals surface area contributed by atoms with Gasteiger partial charge in [-0.15, -0.1) is 0 Å². The van der Waals surface area contributed by atoms with E-state index in [-0.39, 0.29) is 28.7 Å². The first-order valence-electron chi connectivity index (χ1n) is 9.84. The number of amides is 1. The minimum Gasteiger partial charge on any atom is -0.459 e. The molecular weight excluding hydrogens is 416 g/mol. The molecule has 1 fully saturated rings. The molecule has 0 N–H and O–H groups in total. The Morgan fingerprint density at radius 3 is 2.59 bits per heavy atom. The molecule has 3 heterocycles. The number of carbonyl (C=O) groups excluding carboxylic acids is 1. The average molecular weight is 436 g/mol. The quantitative estimate of drug-likeness (QED) is 0.437. The van der Waals surface area contributed by atoms with Crippen LogP contribution in [-0.2, 0) is 0 Å². The van der Waals surface area contributed by atoms with Crippen molar-refractivity contribution in [2.45, 2.75) is 0 Å². The van der Waals surface area contributed by atoms with Crippen LogP contribution < -0.4 is 9.80 Å². The Bertz CT molecular complexity index is 1190. The summed E-state index contributed by atoms with van der Waals surface area (Å²) >= 11 is 0. The first kappa shape index (κ1) is 20.9. The first-order valence-corrected chi connectivity index (χ1v) is 9.84. The third-order valence-electron chi connectivity index (χ3n) is 5.20. The minimum absolute atomic E-state index is 0.136. The number of nitrogens with zero attached hydrogens (tertiary/aromatic N) is 6. The van der Waals surface area contributed by atoms with Gasteiger partial charge in [-0.3, -0.25) is 14.9 Å². The molecule has 0 aliphatic carbocycles. The Kier molecular flexibility index (Phi) is 5.51. The number of nitro benzene ring substituents is 1. The maximum absolute atomic E-state index is 13.2. The largest absolute Gasteiger partial charge is 0.459 e. The summed E-state index contributed by atoms with van der Waals surface area (Å²) in [5.74, 6) is 0.678. The van der Waals surface area contributed by atoms with Gasteiger partial charge in [0.05, 0.1) is 16.7 Å². The Labute approximate surface area is 183 Å². The molecule has 0 radical (unpaired) electrons. The molecule has 4 rings (SSSR count). The van der Waals surface area contributed by atoms with Crippen molar-refractivity contribution < 1.29 is 18.6 Å². The normalized spacial score (nSPS) is 13.7. The number of carbonyl (C=O) groups is 1. The van der Waals surface area contributed by atoms with Crippen LogP contribution in [0.4, 0.5) is 17.3 Å². The summed E-state index contributed by atoms with van der Waals surface area (Å²) in [4.78, 5) is 33.3. The number of hydrogen-bond donors (Lipinski definition) is 0. The van der Waals surface area contributed by atoms with Crippen LogP contribution in [0.3, 0.4) is 0 Å². The smallest absolute Gasteiger partial charge is 0.270 e. The molecule has 1 aliphatic heterocycles. The monoisotopic (exact) mass is 436 g/mol. The molecule has 3 aromatic rings. The Balaban J connectivity index is 1.52. The Hall–Kier alpha value is -4.33. The van der Waals surface area contributed by atoms with Gasteiger partial charge in [0, 0.05) is 58.1 Å². The van der Waals surface area contributed by atoms with Crippen molar-refractivity contribution in [3.63, 3.8) is 0 Å². The van der Waals surface area contributed by atoms with E-state index in [1.54, 1.807) is 42.1 Å². The molecule has 0 atom stereocenters. The number of nitro groups is 1. The zero-order valence-electron chi connectivity index (χ0n) is 17.5. The summed E-state index contributed by atoms with van der Waals surface area (Å²) in [6.07, 6.45) is 1.49. The maximum atomic E-state index is 13.2. The molecular formula is C21H20N6O5. The molecule has 32 heavy (non-hydrogen) atoms. The average Bonchev–Trinajstić information content (AvgIpc) is 3.48. The number of hydrogen-bond acceptors (Lipinski definition) is 9. The van der Waals surface area contributed by atoms with E-state index in [1.165, 1.54) is 18.4 Å². The van der Waals surface area contributed by atoms with Crippen LogP contribution in [0.1, 0.15) is 16.1 Å². The summed E-state index contributed by atoms with van der Waals surface area (Å²) in [6, 6.07) is 9.69. The van der Waals surface area contributed by atoms with Crippen molar-refractivity contribution in [2.24, 2.45) is 0 Å². The Morgan fingerprint density at radius 2 is 2.00 bits per heavy atom. The van der Waals surface area contributed by atoms with E-state index in [0.29, 0.717) is 43.5 Å². The second-order valence-electron chi connectivity index (χ2n) is 7.39. The fraction of sp³-hybridized carbons (Fsp3) is 0.286. The molecule has 11 heteroatoms. The standard InChI is InChI=1S/C21H20N6O5/c1-24(2)17-6-5-14(27(29)30)12-15(17)20(28)25-7-9-26(10-8-25)21-16(13-22)23-19(32-21)18-4-3-11-31-18/h3-6,11-12H,7-10H2,1-2H3. The fourth-order valence-electron chi connectivity index (χ4n) is 3.59. The molecule has 0 saturated carbocycles. The van der Waals surface area contributed by atoms with Crippen molar-refractivity contribution in [3.05, 3.63) is 58.0 Å². The van der Waals surface area contributed by atoms with Gasteiger partial charge >= 0.3 is 0 Å². The van der Waals surface area contributed by atoms with E-state index < -0.39 is 4.92 Å². The van der Waals surface area contributed by atoms with Crippen molar-refractivity contribution in [2.75, 3.05) is 50.1 Å². The van der Waals surface area contributed by atoms with Gasteiger partial charge in [-0.1, -0.05) is 0 Å². The SMILES string of the molecule is CN(C)c1ccc([N+](=O)[O-])cc1C(=O)N1CCN(c2oc(-c3ccco3)nc2C#N)CC1. The van der Waals surface area contributed by atoms with Gasteiger partial charge in [0.25, 0.3) is 17.5 Å². The molecule has 2 aromatic heterocycles. The minimum atomic E-state index is -0.516. The van der Waals surface area contributed by atoms with Crippen LogP contribution in [0.15, 0.2) is 45.4 Å². The number of piperazine rings is 1. The number of nitriles is 1. The highest BCUT2D eigenvalue weighted by atomic mass is 16.6. The molecule has 0 bridgehead atoms. The van der Waals surface area contributed by atoms with Gasteiger partial charge in [-0.25, -0.2) is 0 Å². The van der Waals surface area contributed by atoms with Gasteiger partial charge in [-0.05, 0) is 18.2 Å². The zero-order chi connectivity index (χ0) is 22.8. The predicted molar refractivity (Wildman–Crippen MR) is 114 cm³/mol. The van der Waals surface area contributed by atoms with Crippen molar-refractivity contribution in [3.8, 4) is 17.7 Å². The highest BCUT2D eigenvalue weighted by Gasteiger charge is 2.29. The number of benzene rings is 1. The van der Waals surface area contributed by atoms with E-state index in [0.717, 1.165) is 0 Å². The molecule has 11 nitrogen and oxygen atoms in total. The molecule has 1 aromatic carbocycles. The number of anilines is 2. The second-order valence-corrected chi connectivity index (χ2v) is 7.39. The summed E-state index contributed by atoms with van der Waals surface area (Å²) in [5.41, 5.74) is 0.886. The lowest BCUT2D eigenvalue weighted by Gasteiger charge is -2.35. The molecule has 1 saturated heterocycles. The summed E-state index contributed by atoms with van der Waals surface area (Å²) in [5, 5.41) is 20.6.